The lowest BCUT2D eigenvalue weighted by Crippen LogP contribution is -2.37. The summed E-state index contributed by atoms with van der Waals surface area (Å²) >= 11 is 0. The SMILES string of the molecule is CC(C)Oc1ccc(NS(=O)(=O)CC(=O)NC(c2ccc3c(c2)OCCO3)C(C)C)cc1. The summed E-state index contributed by atoms with van der Waals surface area (Å²) in [6.45, 7) is 8.68. The first-order valence-corrected chi connectivity index (χ1v) is 12.2. The maximum atomic E-state index is 12.6. The summed E-state index contributed by atoms with van der Waals surface area (Å²) in [5.41, 5.74) is 1.19. The molecule has 0 saturated heterocycles. The highest BCUT2D eigenvalue weighted by molar-refractivity contribution is 7.93. The summed E-state index contributed by atoms with van der Waals surface area (Å²) in [6, 6.07) is 11.7. The van der Waals surface area contributed by atoms with Crippen molar-refractivity contribution in [3.63, 3.8) is 0 Å². The molecule has 1 unspecified atom stereocenters. The lowest BCUT2D eigenvalue weighted by Gasteiger charge is -2.25. The van der Waals surface area contributed by atoms with Gasteiger partial charge in [-0.25, -0.2) is 8.42 Å². The van der Waals surface area contributed by atoms with Gasteiger partial charge in [0.15, 0.2) is 11.5 Å². The van der Waals surface area contributed by atoms with Crippen LogP contribution in [0, 0.1) is 5.92 Å². The Balaban J connectivity index is 1.64. The fourth-order valence-corrected chi connectivity index (χ4v) is 4.36. The van der Waals surface area contributed by atoms with Crippen molar-refractivity contribution in [2.45, 2.75) is 39.8 Å². The number of nitrogens with one attached hydrogen (secondary N) is 2. The Morgan fingerprint density at radius 1 is 1.00 bits per heavy atom. The minimum absolute atomic E-state index is 0.0179. The van der Waals surface area contributed by atoms with E-state index < -0.39 is 21.7 Å². The first-order chi connectivity index (χ1) is 15.1. The van der Waals surface area contributed by atoms with Gasteiger partial charge in [0.25, 0.3) is 0 Å². The molecule has 0 aromatic heterocycles. The number of ether oxygens (including phenoxy) is 3. The zero-order chi connectivity index (χ0) is 23.3. The zero-order valence-electron chi connectivity index (χ0n) is 18.8. The van der Waals surface area contributed by atoms with Crippen LogP contribution in [-0.2, 0) is 14.8 Å². The van der Waals surface area contributed by atoms with Crippen LogP contribution in [0.1, 0.15) is 39.3 Å². The predicted molar refractivity (Wildman–Crippen MR) is 123 cm³/mol. The highest BCUT2D eigenvalue weighted by Crippen LogP contribution is 2.34. The molecule has 0 spiro atoms. The monoisotopic (exact) mass is 462 g/mol. The summed E-state index contributed by atoms with van der Waals surface area (Å²) in [4.78, 5) is 12.6. The van der Waals surface area contributed by atoms with Gasteiger partial charge in [-0.05, 0) is 61.7 Å². The Labute approximate surface area is 189 Å². The van der Waals surface area contributed by atoms with E-state index in [0.29, 0.717) is 36.1 Å². The average Bonchev–Trinajstić information content (AvgIpc) is 2.72. The highest BCUT2D eigenvalue weighted by atomic mass is 32.2. The normalized spacial score (nSPS) is 14.2. The van der Waals surface area contributed by atoms with E-state index >= 15 is 0 Å². The second kappa shape index (κ2) is 10.1. The van der Waals surface area contributed by atoms with E-state index in [1.54, 1.807) is 30.3 Å². The van der Waals surface area contributed by atoms with E-state index in [-0.39, 0.29) is 18.1 Å². The number of benzene rings is 2. The average molecular weight is 463 g/mol. The molecular weight excluding hydrogens is 432 g/mol. The second-order valence-electron chi connectivity index (χ2n) is 8.24. The molecule has 32 heavy (non-hydrogen) atoms. The Kier molecular flexibility index (Phi) is 7.50. The summed E-state index contributed by atoms with van der Waals surface area (Å²) in [5, 5.41) is 2.84. The highest BCUT2D eigenvalue weighted by Gasteiger charge is 2.24. The van der Waals surface area contributed by atoms with Crippen molar-refractivity contribution in [3.8, 4) is 17.2 Å². The second-order valence-corrected chi connectivity index (χ2v) is 9.97. The fraction of sp³-hybridized carbons (Fsp3) is 0.435. The van der Waals surface area contributed by atoms with Crippen LogP contribution in [0.2, 0.25) is 0 Å². The van der Waals surface area contributed by atoms with Crippen molar-refractivity contribution in [2.24, 2.45) is 5.92 Å². The standard InChI is InChI=1S/C23H30N2O6S/c1-15(2)23(17-5-10-20-21(13-17)30-12-11-29-20)24-22(26)14-32(27,28)25-18-6-8-19(9-7-18)31-16(3)4/h5-10,13,15-16,23,25H,11-12,14H2,1-4H3,(H,24,26). The molecule has 9 heteroatoms. The van der Waals surface area contributed by atoms with E-state index in [1.807, 2.05) is 39.8 Å². The number of hydrogen-bond acceptors (Lipinski definition) is 6. The van der Waals surface area contributed by atoms with Gasteiger partial charge < -0.3 is 19.5 Å². The summed E-state index contributed by atoms with van der Waals surface area (Å²) in [5.74, 6) is 0.667. The van der Waals surface area contributed by atoms with Crippen LogP contribution in [0.4, 0.5) is 5.69 Å². The van der Waals surface area contributed by atoms with Crippen molar-refractivity contribution >= 4 is 21.6 Å². The third kappa shape index (κ3) is 6.53. The summed E-state index contributed by atoms with van der Waals surface area (Å²) in [7, 11) is -3.89. The summed E-state index contributed by atoms with van der Waals surface area (Å²) < 4.78 is 44.2. The van der Waals surface area contributed by atoms with Gasteiger partial charge >= 0.3 is 0 Å². The van der Waals surface area contributed by atoms with Gasteiger partial charge in [-0.3, -0.25) is 9.52 Å². The quantitative estimate of drug-likeness (QED) is 0.591. The van der Waals surface area contributed by atoms with E-state index in [4.69, 9.17) is 14.2 Å². The number of sulfonamides is 1. The van der Waals surface area contributed by atoms with Gasteiger partial charge in [0.05, 0.1) is 12.1 Å². The number of carbonyl (C=O) groups is 1. The van der Waals surface area contributed by atoms with Crippen LogP contribution in [0.15, 0.2) is 42.5 Å². The smallest absolute Gasteiger partial charge is 0.241 e. The molecular formula is C23H30N2O6S. The van der Waals surface area contributed by atoms with Gasteiger partial charge in [0, 0.05) is 5.69 Å². The molecule has 1 atom stereocenters. The maximum Gasteiger partial charge on any atom is 0.241 e. The Morgan fingerprint density at radius 3 is 2.28 bits per heavy atom. The Hall–Kier alpha value is -2.94. The van der Waals surface area contributed by atoms with Gasteiger partial charge in [-0.2, -0.15) is 0 Å². The van der Waals surface area contributed by atoms with E-state index in [9.17, 15) is 13.2 Å². The van der Waals surface area contributed by atoms with Gasteiger partial charge in [0.1, 0.15) is 24.7 Å². The van der Waals surface area contributed by atoms with Crippen LogP contribution < -0.4 is 24.2 Å². The van der Waals surface area contributed by atoms with E-state index in [2.05, 4.69) is 10.0 Å². The van der Waals surface area contributed by atoms with Crippen molar-refractivity contribution in [1.82, 2.24) is 5.32 Å². The number of rotatable bonds is 9. The van der Waals surface area contributed by atoms with Crippen LogP contribution >= 0.6 is 0 Å². The Bertz CT molecular complexity index is 1030. The molecule has 0 saturated carbocycles. The molecule has 2 aromatic rings. The molecule has 2 aromatic carbocycles. The van der Waals surface area contributed by atoms with Gasteiger partial charge in [-0.1, -0.05) is 19.9 Å². The van der Waals surface area contributed by atoms with Crippen LogP contribution in [0.5, 0.6) is 17.2 Å². The predicted octanol–water partition coefficient (Wildman–Crippen LogP) is 3.50. The molecule has 174 valence electrons. The topological polar surface area (TPSA) is 103 Å². The Morgan fingerprint density at radius 2 is 1.66 bits per heavy atom. The molecule has 1 amide bonds. The van der Waals surface area contributed by atoms with Crippen molar-refractivity contribution < 1.29 is 27.4 Å². The molecule has 1 aliphatic rings. The van der Waals surface area contributed by atoms with Crippen LogP contribution in [0.25, 0.3) is 0 Å². The zero-order valence-corrected chi connectivity index (χ0v) is 19.6. The molecule has 1 heterocycles. The summed E-state index contributed by atoms with van der Waals surface area (Å²) in [6.07, 6.45) is 0.0179. The number of amides is 1. The minimum Gasteiger partial charge on any atom is -0.491 e. The fourth-order valence-electron chi connectivity index (χ4n) is 3.37. The molecule has 0 fully saturated rings. The molecule has 0 radical (unpaired) electrons. The van der Waals surface area contributed by atoms with Crippen LogP contribution in [-0.4, -0.2) is 39.4 Å². The molecule has 0 aliphatic carbocycles. The van der Waals surface area contributed by atoms with E-state index in [0.717, 1.165) is 5.56 Å². The number of carbonyl (C=O) groups excluding carboxylic acids is 1. The number of hydrogen-bond donors (Lipinski definition) is 2. The lowest BCUT2D eigenvalue weighted by atomic mass is 9.95. The number of fused-ring (bicyclic) bond motifs is 1. The van der Waals surface area contributed by atoms with Crippen LogP contribution in [0.3, 0.4) is 0 Å². The minimum atomic E-state index is -3.89. The van der Waals surface area contributed by atoms with Crippen molar-refractivity contribution in [1.29, 1.82) is 0 Å². The van der Waals surface area contributed by atoms with Crippen molar-refractivity contribution in [2.75, 3.05) is 23.7 Å². The van der Waals surface area contributed by atoms with Crippen molar-refractivity contribution in [3.05, 3.63) is 48.0 Å². The van der Waals surface area contributed by atoms with Gasteiger partial charge in [-0.15, -0.1) is 0 Å². The first kappa shape index (κ1) is 23.7. The lowest BCUT2D eigenvalue weighted by molar-refractivity contribution is -0.119. The van der Waals surface area contributed by atoms with Gasteiger partial charge in [0.2, 0.25) is 15.9 Å². The third-order valence-corrected chi connectivity index (χ3v) is 5.92. The molecule has 1 aliphatic heterocycles. The molecule has 3 rings (SSSR count). The maximum absolute atomic E-state index is 12.6. The largest absolute Gasteiger partial charge is 0.491 e. The number of anilines is 1. The molecule has 0 bridgehead atoms. The first-order valence-electron chi connectivity index (χ1n) is 10.6. The molecule has 8 nitrogen and oxygen atoms in total. The third-order valence-electron chi connectivity index (χ3n) is 4.73. The molecule has 2 N–H and O–H groups in total. The van der Waals surface area contributed by atoms with E-state index in [1.165, 1.54) is 0 Å².